The van der Waals surface area contributed by atoms with Crippen molar-refractivity contribution in [2.24, 2.45) is 0 Å². The standard InChI is InChI=1S/C16H23F2N3O2/c17-13-6-3-7-14(18)15(13)20-16(23)19-8-1-2-9-21-10-4-5-12(21)11-22/h3,6-7,12,22H,1-2,4-5,8-11H2,(H2,19,20,23). The molecule has 0 saturated carbocycles. The summed E-state index contributed by atoms with van der Waals surface area (Å²) in [6, 6.07) is 3.06. The third-order valence-corrected chi connectivity index (χ3v) is 4.07. The smallest absolute Gasteiger partial charge is 0.319 e. The molecule has 1 unspecified atom stereocenters. The molecule has 1 aliphatic rings. The molecule has 1 heterocycles. The Labute approximate surface area is 134 Å². The van der Waals surface area contributed by atoms with Crippen molar-refractivity contribution in [1.29, 1.82) is 0 Å². The molecule has 0 aliphatic carbocycles. The predicted molar refractivity (Wildman–Crippen MR) is 84.3 cm³/mol. The Kier molecular flexibility index (Phi) is 6.73. The summed E-state index contributed by atoms with van der Waals surface area (Å²) < 4.78 is 26.8. The predicted octanol–water partition coefficient (Wildman–Crippen LogP) is 2.32. The molecule has 0 bridgehead atoms. The molecule has 0 aromatic heterocycles. The van der Waals surface area contributed by atoms with Crippen LogP contribution in [0.2, 0.25) is 0 Å². The number of aliphatic hydroxyl groups excluding tert-OH is 1. The van der Waals surface area contributed by atoms with Crippen LogP contribution < -0.4 is 10.6 Å². The van der Waals surface area contributed by atoms with Crippen LogP contribution in [0.3, 0.4) is 0 Å². The molecule has 3 N–H and O–H groups in total. The van der Waals surface area contributed by atoms with Crippen LogP contribution in [0, 0.1) is 11.6 Å². The maximum atomic E-state index is 13.4. The number of rotatable bonds is 7. The van der Waals surface area contributed by atoms with Gasteiger partial charge in [0, 0.05) is 12.6 Å². The second-order valence-corrected chi connectivity index (χ2v) is 5.70. The lowest BCUT2D eigenvalue weighted by Gasteiger charge is -2.22. The number of amides is 2. The molecule has 2 amide bonds. The quantitative estimate of drug-likeness (QED) is 0.674. The number of carbonyl (C=O) groups is 1. The van der Waals surface area contributed by atoms with E-state index in [4.69, 9.17) is 0 Å². The van der Waals surface area contributed by atoms with Crippen LogP contribution in [0.15, 0.2) is 18.2 Å². The first-order chi connectivity index (χ1) is 11.1. The molecular formula is C16H23F2N3O2. The molecule has 2 rings (SSSR count). The summed E-state index contributed by atoms with van der Waals surface area (Å²) in [7, 11) is 0. The SMILES string of the molecule is O=C(NCCCCN1CCCC1CO)Nc1c(F)cccc1F. The summed E-state index contributed by atoms with van der Waals surface area (Å²) in [5.41, 5.74) is -0.437. The van der Waals surface area contributed by atoms with Gasteiger partial charge in [-0.2, -0.15) is 0 Å². The molecule has 128 valence electrons. The molecule has 23 heavy (non-hydrogen) atoms. The highest BCUT2D eigenvalue weighted by atomic mass is 19.1. The van der Waals surface area contributed by atoms with Crippen molar-refractivity contribution in [3.8, 4) is 0 Å². The fraction of sp³-hybridized carbons (Fsp3) is 0.562. The number of aliphatic hydroxyl groups is 1. The number of carbonyl (C=O) groups excluding carboxylic acids is 1. The maximum Gasteiger partial charge on any atom is 0.319 e. The molecule has 1 fully saturated rings. The number of urea groups is 1. The van der Waals surface area contributed by atoms with Gasteiger partial charge >= 0.3 is 6.03 Å². The van der Waals surface area contributed by atoms with Crippen molar-refractivity contribution in [2.45, 2.75) is 31.7 Å². The highest BCUT2D eigenvalue weighted by Crippen LogP contribution is 2.18. The average Bonchev–Trinajstić information content (AvgIpc) is 2.98. The number of nitrogens with one attached hydrogen (secondary N) is 2. The third-order valence-electron chi connectivity index (χ3n) is 4.07. The minimum absolute atomic E-state index is 0.189. The summed E-state index contributed by atoms with van der Waals surface area (Å²) in [4.78, 5) is 13.9. The van der Waals surface area contributed by atoms with Gasteiger partial charge in [0.2, 0.25) is 0 Å². The average molecular weight is 327 g/mol. The first kappa shape index (κ1) is 17.6. The Hall–Kier alpha value is -1.73. The lowest BCUT2D eigenvalue weighted by atomic mass is 10.2. The van der Waals surface area contributed by atoms with E-state index < -0.39 is 23.4 Å². The fourth-order valence-electron chi connectivity index (χ4n) is 2.81. The number of halogens is 2. The van der Waals surface area contributed by atoms with E-state index in [0.29, 0.717) is 6.54 Å². The van der Waals surface area contributed by atoms with Crippen LogP contribution in [0.1, 0.15) is 25.7 Å². The third kappa shape index (κ3) is 5.14. The number of nitrogens with zero attached hydrogens (tertiary/aromatic N) is 1. The first-order valence-electron chi connectivity index (χ1n) is 7.95. The fourth-order valence-corrected chi connectivity index (χ4v) is 2.81. The van der Waals surface area contributed by atoms with Crippen molar-refractivity contribution in [2.75, 3.05) is 31.6 Å². The van der Waals surface area contributed by atoms with Gasteiger partial charge in [0.1, 0.15) is 17.3 Å². The van der Waals surface area contributed by atoms with Gasteiger partial charge in [-0.15, -0.1) is 0 Å². The van der Waals surface area contributed by atoms with E-state index in [9.17, 15) is 18.7 Å². The zero-order valence-electron chi connectivity index (χ0n) is 13.0. The normalized spacial score (nSPS) is 18.1. The minimum atomic E-state index is -0.802. The summed E-state index contributed by atoms with van der Waals surface area (Å²) in [6.07, 6.45) is 3.80. The first-order valence-corrected chi connectivity index (χ1v) is 7.95. The van der Waals surface area contributed by atoms with Crippen LogP contribution in [-0.4, -0.2) is 48.3 Å². The van der Waals surface area contributed by atoms with E-state index in [1.807, 2.05) is 0 Å². The van der Waals surface area contributed by atoms with Crippen molar-refractivity contribution < 1.29 is 18.7 Å². The van der Waals surface area contributed by atoms with Crippen molar-refractivity contribution >= 4 is 11.7 Å². The number of likely N-dealkylation sites (tertiary alicyclic amines) is 1. The molecule has 1 aromatic carbocycles. The Morgan fingerprint density at radius 2 is 2.04 bits per heavy atom. The minimum Gasteiger partial charge on any atom is -0.395 e. The summed E-state index contributed by atoms with van der Waals surface area (Å²) in [5.74, 6) is -1.60. The van der Waals surface area contributed by atoms with Gasteiger partial charge in [0.15, 0.2) is 0 Å². The number of benzene rings is 1. The molecule has 1 aromatic rings. The van der Waals surface area contributed by atoms with Crippen molar-refractivity contribution in [3.05, 3.63) is 29.8 Å². The summed E-state index contributed by atoms with van der Waals surface area (Å²) >= 11 is 0. The Morgan fingerprint density at radius 3 is 2.74 bits per heavy atom. The van der Waals surface area contributed by atoms with Crippen molar-refractivity contribution in [1.82, 2.24) is 10.2 Å². The highest BCUT2D eigenvalue weighted by molar-refractivity contribution is 5.89. The monoisotopic (exact) mass is 327 g/mol. The number of hydrogen-bond acceptors (Lipinski definition) is 3. The molecule has 1 atom stereocenters. The number of unbranched alkanes of at least 4 members (excludes halogenated alkanes) is 1. The summed E-state index contributed by atoms with van der Waals surface area (Å²) in [6.45, 7) is 2.51. The second-order valence-electron chi connectivity index (χ2n) is 5.70. The van der Waals surface area contributed by atoms with E-state index in [1.165, 1.54) is 6.07 Å². The lowest BCUT2D eigenvalue weighted by Crippen LogP contribution is -2.34. The molecule has 7 heteroatoms. The Balaban J connectivity index is 1.63. The molecule has 0 spiro atoms. The zero-order valence-corrected chi connectivity index (χ0v) is 13.0. The Morgan fingerprint density at radius 1 is 1.30 bits per heavy atom. The molecule has 0 radical (unpaired) electrons. The number of anilines is 1. The molecule has 5 nitrogen and oxygen atoms in total. The lowest BCUT2D eigenvalue weighted by molar-refractivity contribution is 0.157. The second kappa shape index (κ2) is 8.79. The molecular weight excluding hydrogens is 304 g/mol. The van der Waals surface area contributed by atoms with Crippen molar-refractivity contribution in [3.63, 3.8) is 0 Å². The van der Waals surface area contributed by atoms with E-state index in [1.54, 1.807) is 0 Å². The molecule has 1 saturated heterocycles. The van der Waals surface area contributed by atoms with E-state index in [-0.39, 0.29) is 12.6 Å². The van der Waals surface area contributed by atoms with E-state index in [2.05, 4.69) is 15.5 Å². The number of para-hydroxylation sites is 1. The maximum absolute atomic E-state index is 13.4. The zero-order chi connectivity index (χ0) is 16.7. The van der Waals surface area contributed by atoms with Gasteiger partial charge in [-0.25, -0.2) is 13.6 Å². The van der Waals surface area contributed by atoms with Gasteiger partial charge < -0.3 is 15.7 Å². The van der Waals surface area contributed by atoms with Gasteiger partial charge in [-0.05, 0) is 50.9 Å². The highest BCUT2D eigenvalue weighted by Gasteiger charge is 2.22. The topological polar surface area (TPSA) is 64.6 Å². The van der Waals surface area contributed by atoms with Gasteiger partial charge in [-0.1, -0.05) is 6.07 Å². The number of hydrogen-bond donors (Lipinski definition) is 3. The van der Waals surface area contributed by atoms with Crippen LogP contribution in [-0.2, 0) is 0 Å². The van der Waals surface area contributed by atoms with Crippen LogP contribution in [0.5, 0.6) is 0 Å². The molecule has 1 aliphatic heterocycles. The van der Waals surface area contributed by atoms with Crippen LogP contribution >= 0.6 is 0 Å². The van der Waals surface area contributed by atoms with E-state index >= 15 is 0 Å². The largest absolute Gasteiger partial charge is 0.395 e. The van der Waals surface area contributed by atoms with E-state index in [0.717, 1.165) is 50.9 Å². The van der Waals surface area contributed by atoms with Crippen LogP contribution in [0.4, 0.5) is 19.3 Å². The summed E-state index contributed by atoms with van der Waals surface area (Å²) in [5, 5.41) is 14.0. The van der Waals surface area contributed by atoms with Crippen LogP contribution in [0.25, 0.3) is 0 Å². The van der Waals surface area contributed by atoms with Gasteiger partial charge in [0.25, 0.3) is 0 Å². The van der Waals surface area contributed by atoms with Gasteiger partial charge in [-0.3, -0.25) is 4.90 Å². The van der Waals surface area contributed by atoms with Gasteiger partial charge in [0.05, 0.1) is 6.61 Å². The Bertz CT molecular complexity index is 508.